The van der Waals surface area contributed by atoms with Crippen LogP contribution >= 0.6 is 0 Å². The van der Waals surface area contributed by atoms with Gasteiger partial charge in [-0.2, -0.15) is 0 Å². The van der Waals surface area contributed by atoms with Crippen LogP contribution in [-0.4, -0.2) is 33.0 Å². The molecule has 0 radical (unpaired) electrons. The lowest BCUT2D eigenvalue weighted by molar-refractivity contribution is -0.385. The predicted octanol–water partition coefficient (Wildman–Crippen LogP) is 1.57. The Kier molecular flexibility index (Phi) is 4.84. The molecule has 0 aliphatic carbocycles. The summed E-state index contributed by atoms with van der Waals surface area (Å²) in [6.45, 7) is 5.69. The molecule has 0 saturated carbocycles. The van der Waals surface area contributed by atoms with Crippen molar-refractivity contribution >= 4 is 15.7 Å². The highest BCUT2D eigenvalue weighted by Gasteiger charge is 2.29. The second-order valence-corrected chi connectivity index (χ2v) is 7.86. The number of nitrogens with zero attached hydrogens (tertiary/aromatic N) is 1. The molecule has 1 unspecified atom stereocenters. The molecule has 1 aliphatic rings. The number of aryl methyl sites for hydroxylation is 1. The first-order valence-corrected chi connectivity index (χ1v) is 8.67. The lowest BCUT2D eigenvalue weighted by Gasteiger charge is -2.34. The molecular formula is C14H21N3O4S. The summed E-state index contributed by atoms with van der Waals surface area (Å²) in [6, 6.07) is 3.78. The number of hydrogen-bond acceptors (Lipinski definition) is 5. The molecule has 1 aromatic rings. The van der Waals surface area contributed by atoms with Crippen molar-refractivity contribution in [3.8, 4) is 0 Å². The molecule has 7 nitrogen and oxygen atoms in total. The number of rotatable bonds is 5. The Balaban J connectivity index is 2.15. The Morgan fingerprint density at radius 3 is 2.73 bits per heavy atom. The number of sulfonamides is 1. The molecule has 0 bridgehead atoms. The number of nitro benzene ring substituents is 1. The van der Waals surface area contributed by atoms with Gasteiger partial charge in [0.1, 0.15) is 0 Å². The van der Waals surface area contributed by atoms with E-state index in [2.05, 4.69) is 10.0 Å². The first kappa shape index (κ1) is 16.9. The zero-order valence-electron chi connectivity index (χ0n) is 12.8. The van der Waals surface area contributed by atoms with Crippen LogP contribution in [-0.2, 0) is 10.0 Å². The molecule has 0 spiro atoms. The maximum absolute atomic E-state index is 12.4. The average molecular weight is 327 g/mol. The number of nitro groups is 1. The molecule has 22 heavy (non-hydrogen) atoms. The van der Waals surface area contributed by atoms with Gasteiger partial charge in [-0.05, 0) is 43.4 Å². The van der Waals surface area contributed by atoms with Crippen molar-refractivity contribution in [1.82, 2.24) is 10.0 Å². The SMILES string of the molecule is Cc1cc([N+](=O)[O-])ccc1S(=O)(=O)NCC1(C)CCCNC1. The molecule has 1 fully saturated rings. The molecule has 1 saturated heterocycles. The Morgan fingerprint density at radius 1 is 1.45 bits per heavy atom. The normalized spacial score (nSPS) is 22.5. The number of non-ortho nitro benzene ring substituents is 1. The van der Waals surface area contributed by atoms with Crippen LogP contribution in [0.1, 0.15) is 25.3 Å². The summed E-state index contributed by atoms with van der Waals surface area (Å²) < 4.78 is 27.5. The number of benzene rings is 1. The average Bonchev–Trinajstić information content (AvgIpc) is 2.46. The van der Waals surface area contributed by atoms with Gasteiger partial charge in [0.25, 0.3) is 5.69 Å². The summed E-state index contributed by atoms with van der Waals surface area (Å²) >= 11 is 0. The standard InChI is InChI=1S/C14H21N3O4S/c1-11-8-12(17(18)19)4-5-13(11)22(20,21)16-10-14(2)6-3-7-15-9-14/h4-5,8,15-16H,3,6-7,9-10H2,1-2H3. The Bertz CT molecular complexity index is 667. The lowest BCUT2D eigenvalue weighted by atomic mass is 9.83. The minimum Gasteiger partial charge on any atom is -0.316 e. The van der Waals surface area contributed by atoms with E-state index in [4.69, 9.17) is 0 Å². The summed E-state index contributed by atoms with van der Waals surface area (Å²) in [4.78, 5) is 10.3. The van der Waals surface area contributed by atoms with Crippen LogP contribution in [0.2, 0.25) is 0 Å². The fourth-order valence-corrected chi connectivity index (χ4v) is 4.09. The van der Waals surface area contributed by atoms with Gasteiger partial charge in [-0.15, -0.1) is 0 Å². The first-order valence-electron chi connectivity index (χ1n) is 7.19. The monoisotopic (exact) mass is 327 g/mol. The first-order chi connectivity index (χ1) is 10.2. The van der Waals surface area contributed by atoms with Crippen LogP contribution in [0.5, 0.6) is 0 Å². The molecule has 8 heteroatoms. The van der Waals surface area contributed by atoms with Gasteiger partial charge in [0.15, 0.2) is 0 Å². The number of piperidine rings is 1. The fourth-order valence-electron chi connectivity index (χ4n) is 2.67. The van der Waals surface area contributed by atoms with Gasteiger partial charge in [-0.25, -0.2) is 13.1 Å². The van der Waals surface area contributed by atoms with E-state index in [9.17, 15) is 18.5 Å². The Hall–Kier alpha value is -1.51. The maximum atomic E-state index is 12.4. The zero-order valence-corrected chi connectivity index (χ0v) is 13.6. The third-order valence-corrected chi connectivity index (χ3v) is 5.59. The van der Waals surface area contributed by atoms with Gasteiger partial charge in [0.2, 0.25) is 10.0 Å². The van der Waals surface area contributed by atoms with Crippen molar-refractivity contribution in [2.45, 2.75) is 31.6 Å². The minimum atomic E-state index is -3.67. The smallest absolute Gasteiger partial charge is 0.269 e. The van der Waals surface area contributed by atoms with E-state index in [0.717, 1.165) is 25.9 Å². The highest BCUT2D eigenvalue weighted by Crippen LogP contribution is 2.26. The largest absolute Gasteiger partial charge is 0.316 e. The molecule has 0 amide bonds. The van der Waals surface area contributed by atoms with Crippen LogP contribution in [0, 0.1) is 22.5 Å². The van der Waals surface area contributed by atoms with E-state index in [1.54, 1.807) is 6.92 Å². The fraction of sp³-hybridized carbons (Fsp3) is 0.571. The summed E-state index contributed by atoms with van der Waals surface area (Å²) in [5.41, 5.74) is 0.147. The second-order valence-electron chi connectivity index (χ2n) is 6.12. The van der Waals surface area contributed by atoms with Crippen molar-refractivity contribution < 1.29 is 13.3 Å². The summed E-state index contributed by atoms with van der Waals surface area (Å²) in [5, 5.41) is 14.0. The Labute approximate surface area is 130 Å². The van der Waals surface area contributed by atoms with Crippen LogP contribution in [0.4, 0.5) is 5.69 Å². The van der Waals surface area contributed by atoms with Gasteiger partial charge < -0.3 is 5.32 Å². The van der Waals surface area contributed by atoms with Crippen LogP contribution in [0.15, 0.2) is 23.1 Å². The molecule has 1 heterocycles. The van der Waals surface area contributed by atoms with E-state index < -0.39 is 14.9 Å². The van der Waals surface area contributed by atoms with Crippen molar-refractivity contribution in [3.63, 3.8) is 0 Å². The summed E-state index contributed by atoms with van der Waals surface area (Å²) in [7, 11) is -3.67. The molecule has 1 aromatic carbocycles. The molecule has 0 aromatic heterocycles. The molecule has 122 valence electrons. The van der Waals surface area contributed by atoms with Crippen molar-refractivity contribution in [3.05, 3.63) is 33.9 Å². The molecule has 2 N–H and O–H groups in total. The predicted molar refractivity (Wildman–Crippen MR) is 83.2 cm³/mol. The number of hydrogen-bond donors (Lipinski definition) is 2. The summed E-state index contributed by atoms with van der Waals surface area (Å²) in [5.74, 6) is 0. The molecule has 1 atom stereocenters. The minimum absolute atomic E-state index is 0.0884. The number of nitrogens with one attached hydrogen (secondary N) is 2. The highest BCUT2D eigenvalue weighted by atomic mass is 32.2. The van der Waals surface area contributed by atoms with Crippen molar-refractivity contribution in [2.24, 2.45) is 5.41 Å². The zero-order chi connectivity index (χ0) is 16.4. The third-order valence-electron chi connectivity index (χ3n) is 4.03. The van der Waals surface area contributed by atoms with E-state index in [1.807, 2.05) is 6.92 Å². The van der Waals surface area contributed by atoms with E-state index in [0.29, 0.717) is 12.1 Å². The van der Waals surface area contributed by atoms with Gasteiger partial charge >= 0.3 is 0 Å². The lowest BCUT2D eigenvalue weighted by Crippen LogP contribution is -2.45. The van der Waals surface area contributed by atoms with Crippen molar-refractivity contribution in [2.75, 3.05) is 19.6 Å². The van der Waals surface area contributed by atoms with Gasteiger partial charge in [-0.3, -0.25) is 10.1 Å². The quantitative estimate of drug-likeness (QED) is 0.631. The summed E-state index contributed by atoms with van der Waals surface area (Å²) in [6.07, 6.45) is 1.98. The second kappa shape index (κ2) is 6.31. The third kappa shape index (κ3) is 3.82. The van der Waals surface area contributed by atoms with Gasteiger partial charge in [-0.1, -0.05) is 6.92 Å². The molecular weight excluding hydrogens is 306 g/mol. The molecule has 1 aliphatic heterocycles. The van der Waals surface area contributed by atoms with E-state index in [1.165, 1.54) is 18.2 Å². The maximum Gasteiger partial charge on any atom is 0.269 e. The topological polar surface area (TPSA) is 101 Å². The van der Waals surface area contributed by atoms with E-state index >= 15 is 0 Å². The molecule has 2 rings (SSSR count). The van der Waals surface area contributed by atoms with Crippen LogP contribution in [0.25, 0.3) is 0 Å². The highest BCUT2D eigenvalue weighted by molar-refractivity contribution is 7.89. The Morgan fingerprint density at radius 2 is 2.18 bits per heavy atom. The van der Waals surface area contributed by atoms with Crippen LogP contribution in [0.3, 0.4) is 0 Å². The van der Waals surface area contributed by atoms with Gasteiger partial charge in [0, 0.05) is 25.2 Å². The van der Waals surface area contributed by atoms with Crippen molar-refractivity contribution in [1.29, 1.82) is 0 Å². The van der Waals surface area contributed by atoms with Crippen LogP contribution < -0.4 is 10.0 Å². The van der Waals surface area contributed by atoms with E-state index in [-0.39, 0.29) is 16.0 Å². The van der Waals surface area contributed by atoms with Gasteiger partial charge in [0.05, 0.1) is 9.82 Å².